The number of nitrogens with one attached hydrogen (secondary N) is 1. The van der Waals surface area contributed by atoms with Gasteiger partial charge in [0.1, 0.15) is 0 Å². The third kappa shape index (κ3) is 5.34. The van der Waals surface area contributed by atoms with Gasteiger partial charge >= 0.3 is 0 Å². The molecular formula is C21H25ClN2O3S. The van der Waals surface area contributed by atoms with Gasteiger partial charge in [0.25, 0.3) is 0 Å². The fraction of sp³-hybridized carbons (Fsp3) is 0.381. The van der Waals surface area contributed by atoms with Crippen molar-refractivity contribution < 1.29 is 13.2 Å². The maximum absolute atomic E-state index is 12.8. The first-order chi connectivity index (χ1) is 13.3. The van der Waals surface area contributed by atoms with Gasteiger partial charge in [-0.1, -0.05) is 59.6 Å². The van der Waals surface area contributed by atoms with Crippen molar-refractivity contribution in [1.82, 2.24) is 9.62 Å². The number of piperidine rings is 1. The van der Waals surface area contributed by atoms with Gasteiger partial charge in [0, 0.05) is 24.7 Å². The minimum Gasteiger partial charge on any atom is -0.352 e. The Labute approximate surface area is 171 Å². The zero-order valence-electron chi connectivity index (χ0n) is 15.9. The average molecular weight is 421 g/mol. The molecule has 1 N–H and O–H groups in total. The van der Waals surface area contributed by atoms with Crippen LogP contribution >= 0.6 is 11.6 Å². The number of rotatable bonds is 6. The van der Waals surface area contributed by atoms with Crippen LogP contribution in [0.15, 0.2) is 48.5 Å². The van der Waals surface area contributed by atoms with E-state index in [2.05, 4.69) is 5.32 Å². The molecule has 1 aliphatic heterocycles. The summed E-state index contributed by atoms with van der Waals surface area (Å²) < 4.78 is 27.1. The lowest BCUT2D eigenvalue weighted by Crippen LogP contribution is -2.45. The van der Waals surface area contributed by atoms with Crippen LogP contribution in [-0.4, -0.2) is 31.7 Å². The average Bonchev–Trinajstić information content (AvgIpc) is 2.68. The fourth-order valence-electron chi connectivity index (χ4n) is 3.47. The number of hydrogen-bond donors (Lipinski definition) is 1. The maximum atomic E-state index is 12.8. The highest BCUT2D eigenvalue weighted by molar-refractivity contribution is 7.88. The highest BCUT2D eigenvalue weighted by atomic mass is 35.5. The van der Waals surface area contributed by atoms with E-state index < -0.39 is 10.0 Å². The molecule has 1 saturated heterocycles. The topological polar surface area (TPSA) is 66.5 Å². The first-order valence-electron chi connectivity index (χ1n) is 9.39. The predicted molar refractivity (Wildman–Crippen MR) is 111 cm³/mol. The second-order valence-corrected chi connectivity index (χ2v) is 9.63. The van der Waals surface area contributed by atoms with Gasteiger partial charge in [0.2, 0.25) is 15.9 Å². The minimum atomic E-state index is -3.53. The van der Waals surface area contributed by atoms with Crippen molar-refractivity contribution in [2.75, 3.05) is 13.1 Å². The Morgan fingerprint density at radius 2 is 2.00 bits per heavy atom. The number of sulfonamides is 1. The molecule has 3 rings (SSSR count). The number of benzene rings is 2. The van der Waals surface area contributed by atoms with Crippen molar-refractivity contribution >= 4 is 27.5 Å². The molecule has 0 saturated carbocycles. The van der Waals surface area contributed by atoms with Crippen molar-refractivity contribution in [3.63, 3.8) is 0 Å². The van der Waals surface area contributed by atoms with Crippen LogP contribution in [0.25, 0.3) is 0 Å². The van der Waals surface area contributed by atoms with Crippen molar-refractivity contribution in [2.24, 2.45) is 5.92 Å². The van der Waals surface area contributed by atoms with E-state index in [1.807, 2.05) is 31.2 Å². The summed E-state index contributed by atoms with van der Waals surface area (Å²) >= 11 is 6.11. The van der Waals surface area contributed by atoms with Crippen LogP contribution in [0, 0.1) is 12.8 Å². The Kier molecular flexibility index (Phi) is 6.75. The molecule has 2 aromatic carbocycles. The Bertz CT molecular complexity index is 946. The van der Waals surface area contributed by atoms with Crippen molar-refractivity contribution in [3.05, 3.63) is 70.2 Å². The monoisotopic (exact) mass is 420 g/mol. The summed E-state index contributed by atoms with van der Waals surface area (Å²) in [6.45, 7) is 3.11. The minimum absolute atomic E-state index is 0.0980. The van der Waals surface area contributed by atoms with Crippen molar-refractivity contribution in [1.29, 1.82) is 0 Å². The molecule has 0 aromatic heterocycles. The van der Waals surface area contributed by atoms with E-state index >= 15 is 0 Å². The molecule has 0 bridgehead atoms. The van der Waals surface area contributed by atoms with Crippen LogP contribution < -0.4 is 5.32 Å². The first-order valence-corrected chi connectivity index (χ1v) is 11.4. The van der Waals surface area contributed by atoms with Gasteiger partial charge in [0.15, 0.2) is 0 Å². The van der Waals surface area contributed by atoms with Crippen molar-refractivity contribution in [2.45, 2.75) is 32.1 Å². The molecule has 0 radical (unpaired) electrons. The van der Waals surface area contributed by atoms with Crippen LogP contribution in [-0.2, 0) is 27.1 Å². The van der Waals surface area contributed by atoms with Gasteiger partial charge < -0.3 is 5.32 Å². The van der Waals surface area contributed by atoms with E-state index in [1.54, 1.807) is 24.3 Å². The van der Waals surface area contributed by atoms with Gasteiger partial charge in [-0.25, -0.2) is 12.7 Å². The van der Waals surface area contributed by atoms with Gasteiger partial charge in [-0.15, -0.1) is 0 Å². The van der Waals surface area contributed by atoms with E-state index in [1.165, 1.54) is 4.31 Å². The van der Waals surface area contributed by atoms with Crippen LogP contribution in [0.3, 0.4) is 0 Å². The molecular weight excluding hydrogens is 396 g/mol. The summed E-state index contributed by atoms with van der Waals surface area (Å²) in [6.07, 6.45) is 1.36. The summed E-state index contributed by atoms with van der Waals surface area (Å²) in [5.41, 5.74) is 2.75. The Balaban J connectivity index is 1.61. The number of carbonyl (C=O) groups is 1. The van der Waals surface area contributed by atoms with E-state index in [0.717, 1.165) is 11.1 Å². The van der Waals surface area contributed by atoms with E-state index in [-0.39, 0.29) is 24.1 Å². The highest BCUT2D eigenvalue weighted by Gasteiger charge is 2.32. The molecule has 150 valence electrons. The molecule has 1 atom stereocenters. The normalized spacial score (nSPS) is 18.0. The first kappa shape index (κ1) is 20.8. The molecule has 5 nitrogen and oxygen atoms in total. The predicted octanol–water partition coefficient (Wildman–Crippen LogP) is 3.51. The zero-order valence-corrected chi connectivity index (χ0v) is 17.5. The van der Waals surface area contributed by atoms with Crippen LogP contribution in [0.1, 0.15) is 29.5 Å². The van der Waals surface area contributed by atoms with E-state index in [0.29, 0.717) is 36.5 Å². The van der Waals surface area contributed by atoms with Crippen molar-refractivity contribution in [3.8, 4) is 0 Å². The number of nitrogens with zero attached hydrogens (tertiary/aromatic N) is 1. The quantitative estimate of drug-likeness (QED) is 0.777. The Morgan fingerprint density at radius 3 is 2.75 bits per heavy atom. The maximum Gasteiger partial charge on any atom is 0.224 e. The summed E-state index contributed by atoms with van der Waals surface area (Å²) in [4.78, 5) is 12.6. The van der Waals surface area contributed by atoms with Gasteiger partial charge in [0.05, 0.1) is 11.7 Å². The largest absolute Gasteiger partial charge is 0.352 e. The van der Waals surface area contributed by atoms with Crippen LogP contribution in [0.4, 0.5) is 0 Å². The smallest absolute Gasteiger partial charge is 0.224 e. The molecule has 7 heteroatoms. The second kappa shape index (κ2) is 9.07. The summed E-state index contributed by atoms with van der Waals surface area (Å²) in [5, 5.41) is 3.39. The molecule has 1 aliphatic rings. The Morgan fingerprint density at radius 1 is 1.21 bits per heavy atom. The number of hydrogen-bond acceptors (Lipinski definition) is 3. The summed E-state index contributed by atoms with van der Waals surface area (Å²) in [6, 6.07) is 14.9. The standard InChI is InChI=1S/C21H25ClN2O3S/c1-16-6-4-7-17(12-16)13-23-21(25)18-9-5-11-24(14-18)28(26,27)15-19-8-2-3-10-20(19)22/h2-4,6-8,10,12,18H,5,9,11,13-15H2,1H3,(H,23,25)/t18-/m1/s1. The third-order valence-electron chi connectivity index (χ3n) is 4.99. The fourth-order valence-corrected chi connectivity index (χ4v) is 5.39. The SMILES string of the molecule is Cc1cccc(CNC(=O)[C@@H]2CCCN(S(=O)(=O)Cc3ccccc3Cl)C2)c1. The van der Waals surface area contributed by atoms with E-state index in [4.69, 9.17) is 11.6 Å². The highest BCUT2D eigenvalue weighted by Crippen LogP contribution is 2.24. The molecule has 0 unspecified atom stereocenters. The number of carbonyl (C=O) groups excluding carboxylic acids is 1. The third-order valence-corrected chi connectivity index (χ3v) is 7.16. The number of amides is 1. The molecule has 0 spiro atoms. The summed E-state index contributed by atoms with van der Waals surface area (Å²) in [5.74, 6) is -0.580. The number of aryl methyl sites for hydroxylation is 1. The molecule has 1 fully saturated rings. The lowest BCUT2D eigenvalue weighted by molar-refractivity contribution is -0.126. The van der Waals surface area contributed by atoms with Gasteiger partial charge in [-0.2, -0.15) is 0 Å². The van der Waals surface area contributed by atoms with Crippen LogP contribution in [0.2, 0.25) is 5.02 Å². The zero-order chi connectivity index (χ0) is 20.1. The second-order valence-electron chi connectivity index (χ2n) is 7.25. The van der Waals surface area contributed by atoms with Gasteiger partial charge in [-0.05, 0) is 37.0 Å². The van der Waals surface area contributed by atoms with E-state index in [9.17, 15) is 13.2 Å². The van der Waals surface area contributed by atoms with Crippen LogP contribution in [0.5, 0.6) is 0 Å². The molecule has 1 amide bonds. The molecule has 28 heavy (non-hydrogen) atoms. The Hall–Kier alpha value is -1.89. The number of halogens is 1. The lowest BCUT2D eigenvalue weighted by Gasteiger charge is -2.31. The molecule has 2 aromatic rings. The summed E-state index contributed by atoms with van der Waals surface area (Å²) in [7, 11) is -3.53. The molecule has 0 aliphatic carbocycles. The van der Waals surface area contributed by atoms with Gasteiger partial charge in [-0.3, -0.25) is 4.79 Å². The molecule has 1 heterocycles. The lowest BCUT2D eigenvalue weighted by atomic mass is 9.98.